The Morgan fingerprint density at radius 3 is 2.22 bits per heavy atom. The van der Waals surface area contributed by atoms with Crippen LogP contribution in [-0.4, -0.2) is 25.1 Å². The van der Waals surface area contributed by atoms with Gasteiger partial charge < -0.3 is 14.8 Å². The Balaban J connectivity index is 1.87. The lowest BCUT2D eigenvalue weighted by Gasteiger charge is -2.05. The van der Waals surface area contributed by atoms with Crippen LogP contribution in [0.15, 0.2) is 54.6 Å². The molecule has 0 saturated heterocycles. The van der Waals surface area contributed by atoms with Crippen LogP contribution in [0.1, 0.15) is 42.6 Å². The molecule has 0 bridgehead atoms. The molecule has 0 fully saturated rings. The van der Waals surface area contributed by atoms with Gasteiger partial charge in [-0.15, -0.1) is 0 Å². The highest BCUT2D eigenvalue weighted by Crippen LogP contribution is 2.14. The number of ether oxygens (including phenoxy) is 2. The molecule has 1 amide bonds. The molecule has 0 radical (unpaired) electrons. The minimum atomic E-state index is -0.360. The van der Waals surface area contributed by atoms with Crippen molar-refractivity contribution < 1.29 is 19.1 Å². The van der Waals surface area contributed by atoms with Crippen molar-refractivity contribution in [2.75, 3.05) is 18.5 Å². The molecule has 2 aromatic rings. The number of amides is 1. The van der Waals surface area contributed by atoms with E-state index in [9.17, 15) is 9.59 Å². The molecule has 5 nitrogen and oxygen atoms in total. The van der Waals surface area contributed by atoms with Crippen LogP contribution in [-0.2, 0) is 9.53 Å². The van der Waals surface area contributed by atoms with Crippen LogP contribution >= 0.6 is 0 Å². The van der Waals surface area contributed by atoms with E-state index in [1.54, 1.807) is 30.3 Å². The van der Waals surface area contributed by atoms with Gasteiger partial charge in [-0.2, -0.15) is 0 Å². The number of hydrogen-bond donors (Lipinski definition) is 1. The summed E-state index contributed by atoms with van der Waals surface area (Å²) < 4.78 is 10.6. The molecule has 0 aliphatic carbocycles. The molecule has 0 heterocycles. The Kier molecular flexibility index (Phi) is 8.10. The highest BCUT2D eigenvalue weighted by molar-refractivity contribution is 6.02. The molecule has 0 aliphatic rings. The predicted octanol–water partition coefficient (Wildman–Crippen LogP) is 4.69. The van der Waals surface area contributed by atoms with Crippen molar-refractivity contribution in [3.63, 3.8) is 0 Å². The topological polar surface area (TPSA) is 64.6 Å². The van der Waals surface area contributed by atoms with Crippen LogP contribution in [0.25, 0.3) is 6.08 Å². The van der Waals surface area contributed by atoms with Gasteiger partial charge in [-0.05, 0) is 60.9 Å². The van der Waals surface area contributed by atoms with Crippen molar-refractivity contribution in [2.45, 2.75) is 26.7 Å². The van der Waals surface area contributed by atoms with Crippen molar-refractivity contribution in [1.29, 1.82) is 0 Å². The molecule has 0 aliphatic heterocycles. The third-order valence-corrected chi connectivity index (χ3v) is 3.61. The summed E-state index contributed by atoms with van der Waals surface area (Å²) in [6, 6.07) is 14.2. The summed E-state index contributed by atoms with van der Waals surface area (Å²) in [6.07, 6.45) is 4.93. The number of carbonyl (C=O) groups is 2. The SMILES string of the molecule is CCCOC(=O)c1ccc(NC(=O)/C=C\c2ccc(OCCC)cc2)cc1. The van der Waals surface area contributed by atoms with Crippen molar-refractivity contribution in [1.82, 2.24) is 0 Å². The van der Waals surface area contributed by atoms with Gasteiger partial charge in [0.25, 0.3) is 0 Å². The van der Waals surface area contributed by atoms with Gasteiger partial charge in [-0.1, -0.05) is 26.0 Å². The van der Waals surface area contributed by atoms with Crippen LogP contribution in [0, 0.1) is 0 Å². The second kappa shape index (κ2) is 10.8. The van der Waals surface area contributed by atoms with E-state index in [-0.39, 0.29) is 11.9 Å². The van der Waals surface area contributed by atoms with Crippen LogP contribution in [0.2, 0.25) is 0 Å². The van der Waals surface area contributed by atoms with Gasteiger partial charge >= 0.3 is 5.97 Å². The van der Waals surface area contributed by atoms with Crippen molar-refractivity contribution in [3.05, 3.63) is 65.7 Å². The Morgan fingerprint density at radius 2 is 1.59 bits per heavy atom. The summed E-state index contributed by atoms with van der Waals surface area (Å²) in [7, 11) is 0. The zero-order chi connectivity index (χ0) is 19.5. The fourth-order valence-corrected chi connectivity index (χ4v) is 2.22. The summed E-state index contributed by atoms with van der Waals surface area (Å²) in [5.74, 6) is 0.208. The molecule has 27 heavy (non-hydrogen) atoms. The quantitative estimate of drug-likeness (QED) is 0.516. The van der Waals surface area contributed by atoms with Crippen molar-refractivity contribution in [2.24, 2.45) is 0 Å². The first-order valence-corrected chi connectivity index (χ1v) is 9.11. The van der Waals surface area contributed by atoms with E-state index >= 15 is 0 Å². The van der Waals surface area contributed by atoms with Crippen LogP contribution in [0.3, 0.4) is 0 Å². The summed E-state index contributed by atoms with van der Waals surface area (Å²) in [5, 5.41) is 2.76. The molecule has 0 spiro atoms. The summed E-state index contributed by atoms with van der Waals surface area (Å²) in [5.41, 5.74) is 1.98. The third-order valence-electron chi connectivity index (χ3n) is 3.61. The summed E-state index contributed by atoms with van der Waals surface area (Å²) in [4.78, 5) is 23.8. The van der Waals surface area contributed by atoms with E-state index < -0.39 is 0 Å². The maximum atomic E-state index is 12.0. The number of benzene rings is 2. The van der Waals surface area contributed by atoms with E-state index in [4.69, 9.17) is 9.47 Å². The van der Waals surface area contributed by atoms with Crippen molar-refractivity contribution in [3.8, 4) is 5.75 Å². The van der Waals surface area contributed by atoms with Crippen LogP contribution < -0.4 is 10.1 Å². The maximum absolute atomic E-state index is 12.0. The molecule has 0 unspecified atom stereocenters. The van der Waals surface area contributed by atoms with Gasteiger partial charge in [0, 0.05) is 11.8 Å². The molecule has 2 aromatic carbocycles. The Morgan fingerprint density at radius 1 is 0.926 bits per heavy atom. The average Bonchev–Trinajstić information content (AvgIpc) is 2.70. The second-order valence-corrected chi connectivity index (χ2v) is 5.95. The smallest absolute Gasteiger partial charge is 0.338 e. The third kappa shape index (κ3) is 6.98. The molecule has 0 aromatic heterocycles. The molecule has 142 valence electrons. The molecule has 1 N–H and O–H groups in total. The highest BCUT2D eigenvalue weighted by Gasteiger charge is 2.06. The fourth-order valence-electron chi connectivity index (χ4n) is 2.22. The van der Waals surface area contributed by atoms with Gasteiger partial charge in [0.1, 0.15) is 5.75 Å². The van der Waals surface area contributed by atoms with Gasteiger partial charge in [-0.3, -0.25) is 4.79 Å². The molecule has 0 atom stereocenters. The van der Waals surface area contributed by atoms with Gasteiger partial charge in [0.15, 0.2) is 0 Å². The van der Waals surface area contributed by atoms with E-state index in [0.717, 1.165) is 24.2 Å². The average molecular weight is 367 g/mol. The highest BCUT2D eigenvalue weighted by atomic mass is 16.5. The number of anilines is 1. The molecular weight excluding hydrogens is 342 g/mol. The number of rotatable bonds is 9. The second-order valence-electron chi connectivity index (χ2n) is 5.95. The van der Waals surface area contributed by atoms with E-state index in [0.29, 0.717) is 24.5 Å². The van der Waals surface area contributed by atoms with Crippen LogP contribution in [0.4, 0.5) is 5.69 Å². The zero-order valence-electron chi connectivity index (χ0n) is 15.7. The van der Waals surface area contributed by atoms with Gasteiger partial charge in [-0.25, -0.2) is 4.79 Å². The predicted molar refractivity (Wildman–Crippen MR) is 107 cm³/mol. The van der Waals surface area contributed by atoms with Crippen molar-refractivity contribution >= 4 is 23.6 Å². The molecule has 2 rings (SSSR count). The molecule has 5 heteroatoms. The van der Waals surface area contributed by atoms with Gasteiger partial charge in [0.05, 0.1) is 18.8 Å². The van der Waals surface area contributed by atoms with Gasteiger partial charge in [0.2, 0.25) is 5.91 Å². The maximum Gasteiger partial charge on any atom is 0.338 e. The standard InChI is InChI=1S/C22H25NO4/c1-3-15-26-20-12-5-17(6-13-20)7-14-21(24)23-19-10-8-18(9-11-19)22(25)27-16-4-2/h5-14H,3-4,15-16H2,1-2H3,(H,23,24)/b14-7-. The summed E-state index contributed by atoms with van der Waals surface area (Å²) in [6.45, 7) is 5.08. The Labute approximate surface area is 160 Å². The normalized spacial score (nSPS) is 10.6. The minimum Gasteiger partial charge on any atom is -0.494 e. The zero-order valence-corrected chi connectivity index (χ0v) is 15.7. The monoisotopic (exact) mass is 367 g/mol. The lowest BCUT2D eigenvalue weighted by atomic mass is 10.2. The first kappa shape index (κ1) is 20.2. The lowest BCUT2D eigenvalue weighted by Crippen LogP contribution is -2.09. The minimum absolute atomic E-state index is 0.248. The van der Waals surface area contributed by atoms with Crippen LogP contribution in [0.5, 0.6) is 5.75 Å². The number of esters is 1. The lowest BCUT2D eigenvalue weighted by molar-refractivity contribution is -0.111. The Hall–Kier alpha value is -3.08. The molecular formula is C22H25NO4. The fraction of sp³-hybridized carbons (Fsp3) is 0.273. The number of hydrogen-bond acceptors (Lipinski definition) is 4. The number of carbonyl (C=O) groups excluding carboxylic acids is 2. The Bertz CT molecular complexity index is 764. The first-order chi connectivity index (χ1) is 13.1. The summed E-state index contributed by atoms with van der Waals surface area (Å²) >= 11 is 0. The van der Waals surface area contributed by atoms with E-state index in [2.05, 4.69) is 12.2 Å². The first-order valence-electron chi connectivity index (χ1n) is 9.11. The number of nitrogens with one attached hydrogen (secondary N) is 1. The van der Waals surface area contributed by atoms with E-state index in [1.807, 2.05) is 31.2 Å². The van der Waals surface area contributed by atoms with E-state index in [1.165, 1.54) is 6.08 Å². The molecule has 0 saturated carbocycles. The largest absolute Gasteiger partial charge is 0.494 e.